The van der Waals surface area contributed by atoms with E-state index in [0.29, 0.717) is 0 Å². The number of halogens is 4. The Balaban J connectivity index is 2.07. The Bertz CT molecular complexity index is 1190. The van der Waals surface area contributed by atoms with E-state index in [2.05, 4.69) is 25.0 Å². The molecule has 3 aromatic rings. The lowest BCUT2D eigenvalue weighted by atomic mass is 10.0. The lowest BCUT2D eigenvalue weighted by Gasteiger charge is -2.20. The molecule has 0 aliphatic rings. The normalized spacial score (nSPS) is 12.6. The van der Waals surface area contributed by atoms with Gasteiger partial charge in [-0.3, -0.25) is 4.79 Å². The van der Waals surface area contributed by atoms with Crippen molar-refractivity contribution in [2.75, 3.05) is 12.4 Å². The van der Waals surface area contributed by atoms with Crippen LogP contribution in [0, 0.1) is 12.7 Å². The number of esters is 1. The van der Waals surface area contributed by atoms with Crippen molar-refractivity contribution in [2.45, 2.75) is 26.1 Å². The summed E-state index contributed by atoms with van der Waals surface area (Å²) >= 11 is 0. The molecule has 7 nitrogen and oxygen atoms in total. The number of hydrogen-bond acceptors (Lipinski definition) is 6. The molecule has 1 atom stereocenters. The summed E-state index contributed by atoms with van der Waals surface area (Å²) in [5.74, 6) is -1.49. The zero-order valence-corrected chi connectivity index (χ0v) is 16.0. The fraction of sp³-hybridized carbons (Fsp3) is 0.263. The highest BCUT2D eigenvalue weighted by atomic mass is 19.4. The summed E-state index contributed by atoms with van der Waals surface area (Å²) in [6, 6.07) is 3.33. The Labute approximate surface area is 167 Å². The fourth-order valence-corrected chi connectivity index (χ4v) is 2.93. The van der Waals surface area contributed by atoms with Crippen LogP contribution in [0.15, 0.2) is 29.1 Å². The molecule has 158 valence electrons. The van der Waals surface area contributed by atoms with Crippen molar-refractivity contribution in [3.05, 3.63) is 63.1 Å². The summed E-state index contributed by atoms with van der Waals surface area (Å²) in [4.78, 5) is 33.4. The second-order valence-corrected chi connectivity index (χ2v) is 6.50. The van der Waals surface area contributed by atoms with E-state index in [4.69, 9.17) is 0 Å². The number of hydrogen-bond donors (Lipinski definition) is 2. The molecule has 1 unspecified atom stereocenters. The van der Waals surface area contributed by atoms with Crippen LogP contribution in [0.2, 0.25) is 0 Å². The zero-order valence-electron chi connectivity index (χ0n) is 16.0. The Hall–Kier alpha value is -3.50. The number of pyridine rings is 1. The molecule has 3 rings (SSSR count). The van der Waals surface area contributed by atoms with Crippen LogP contribution in [0.25, 0.3) is 11.0 Å². The largest absolute Gasteiger partial charge is 0.465 e. The summed E-state index contributed by atoms with van der Waals surface area (Å²) < 4.78 is 59.7. The van der Waals surface area contributed by atoms with Gasteiger partial charge in [0.1, 0.15) is 11.6 Å². The number of aromatic amines is 1. The molecule has 2 aromatic heterocycles. The molecule has 0 saturated carbocycles. The van der Waals surface area contributed by atoms with Crippen molar-refractivity contribution in [3.8, 4) is 0 Å². The molecule has 2 heterocycles. The lowest BCUT2D eigenvalue weighted by molar-refractivity contribution is -0.141. The van der Waals surface area contributed by atoms with Gasteiger partial charge in [-0.25, -0.2) is 19.2 Å². The van der Waals surface area contributed by atoms with E-state index >= 15 is 0 Å². The van der Waals surface area contributed by atoms with E-state index < -0.39 is 35.3 Å². The summed E-state index contributed by atoms with van der Waals surface area (Å²) in [5.41, 5.74) is -2.76. The summed E-state index contributed by atoms with van der Waals surface area (Å²) in [7, 11) is 1.14. The molecule has 1 aromatic carbocycles. The molecule has 2 N–H and O–H groups in total. The highest BCUT2D eigenvalue weighted by Crippen LogP contribution is 2.35. The van der Waals surface area contributed by atoms with Crippen LogP contribution in [-0.4, -0.2) is 28.0 Å². The first-order chi connectivity index (χ1) is 14.0. The number of ether oxygens (including phenoxy) is 1. The lowest BCUT2D eigenvalue weighted by Crippen LogP contribution is -2.20. The van der Waals surface area contributed by atoms with E-state index in [9.17, 15) is 27.2 Å². The van der Waals surface area contributed by atoms with Crippen LogP contribution in [0.3, 0.4) is 0 Å². The number of nitrogens with one attached hydrogen (secondary N) is 2. The fourth-order valence-electron chi connectivity index (χ4n) is 2.93. The number of aromatic nitrogens is 3. The first-order valence-corrected chi connectivity index (χ1v) is 8.64. The molecule has 0 aliphatic heterocycles. The minimum absolute atomic E-state index is 0.0514. The second-order valence-electron chi connectivity index (χ2n) is 6.50. The second kappa shape index (κ2) is 7.73. The maximum absolute atomic E-state index is 14.3. The smallest absolute Gasteiger partial charge is 0.433 e. The van der Waals surface area contributed by atoms with Gasteiger partial charge in [0.2, 0.25) is 0 Å². The van der Waals surface area contributed by atoms with Crippen LogP contribution < -0.4 is 10.9 Å². The maximum atomic E-state index is 14.3. The summed E-state index contributed by atoms with van der Waals surface area (Å²) in [6.45, 7) is 2.79. The van der Waals surface area contributed by atoms with Crippen molar-refractivity contribution < 1.29 is 27.1 Å². The first-order valence-electron chi connectivity index (χ1n) is 8.64. The average Bonchev–Trinajstić information content (AvgIpc) is 2.67. The van der Waals surface area contributed by atoms with E-state index in [1.165, 1.54) is 26.0 Å². The van der Waals surface area contributed by atoms with Crippen LogP contribution >= 0.6 is 0 Å². The van der Waals surface area contributed by atoms with Crippen LogP contribution in [-0.2, 0) is 10.9 Å². The van der Waals surface area contributed by atoms with Gasteiger partial charge >= 0.3 is 12.1 Å². The van der Waals surface area contributed by atoms with E-state index in [1.54, 1.807) is 0 Å². The van der Waals surface area contributed by atoms with Gasteiger partial charge in [0, 0.05) is 5.56 Å². The highest BCUT2D eigenvalue weighted by molar-refractivity contribution is 5.89. The minimum atomic E-state index is -4.83. The number of alkyl halides is 3. The Morgan fingerprint density at radius 1 is 1.23 bits per heavy atom. The number of rotatable bonds is 4. The van der Waals surface area contributed by atoms with Gasteiger partial charge in [0.25, 0.3) is 5.56 Å². The molecule has 30 heavy (non-hydrogen) atoms. The Kier molecular flexibility index (Phi) is 5.47. The van der Waals surface area contributed by atoms with Gasteiger partial charge in [-0.2, -0.15) is 13.2 Å². The van der Waals surface area contributed by atoms with Gasteiger partial charge in [0.15, 0.2) is 11.3 Å². The van der Waals surface area contributed by atoms with E-state index in [1.807, 2.05) is 0 Å². The van der Waals surface area contributed by atoms with Crippen LogP contribution in [0.4, 0.5) is 23.2 Å². The number of methoxy groups -OCH3 is 1. The molecule has 11 heteroatoms. The molecular formula is C19H16F4N4O3. The van der Waals surface area contributed by atoms with Gasteiger partial charge in [-0.1, -0.05) is 0 Å². The number of fused-ring (bicyclic) bond motifs is 1. The molecule has 0 spiro atoms. The summed E-state index contributed by atoms with van der Waals surface area (Å²) in [5, 5.41) is 2.49. The van der Waals surface area contributed by atoms with Crippen molar-refractivity contribution in [2.24, 2.45) is 0 Å². The predicted octanol–water partition coefficient (Wildman–Crippen LogP) is 3.74. The Morgan fingerprint density at radius 2 is 1.93 bits per heavy atom. The number of H-pyrrole nitrogens is 1. The van der Waals surface area contributed by atoms with Crippen LogP contribution in [0.1, 0.15) is 40.4 Å². The third kappa shape index (κ3) is 4.09. The van der Waals surface area contributed by atoms with E-state index in [-0.39, 0.29) is 33.7 Å². The Morgan fingerprint density at radius 3 is 2.53 bits per heavy atom. The molecule has 0 bridgehead atoms. The number of nitrogens with zero attached hydrogens (tertiary/aromatic N) is 2. The van der Waals surface area contributed by atoms with Gasteiger partial charge < -0.3 is 15.0 Å². The minimum Gasteiger partial charge on any atom is -0.465 e. The SMILES string of the molecule is COC(=O)c1ccc(NC(C)c2cc3c(=O)[nH]c(C)nc3nc2C(F)(F)F)c(F)c1. The standard InChI is InChI=1S/C19H16F4N4O3/c1-8(24-14-5-4-10(6-13(14)20)18(29)30-3)11-7-12-16(25-9(2)26-17(12)28)27-15(11)19(21,22)23/h4-8,24H,1-3H3,(H,25,26,27,28). The molecule has 0 amide bonds. The summed E-state index contributed by atoms with van der Waals surface area (Å²) in [6.07, 6.45) is -4.83. The van der Waals surface area contributed by atoms with Crippen molar-refractivity contribution in [1.82, 2.24) is 15.0 Å². The van der Waals surface area contributed by atoms with Crippen molar-refractivity contribution in [1.29, 1.82) is 0 Å². The quantitative estimate of drug-likeness (QED) is 0.489. The molecule has 0 radical (unpaired) electrons. The number of aryl methyl sites for hydroxylation is 1. The third-order valence-electron chi connectivity index (χ3n) is 4.34. The average molecular weight is 424 g/mol. The molecule has 0 saturated heterocycles. The van der Waals surface area contributed by atoms with Crippen molar-refractivity contribution in [3.63, 3.8) is 0 Å². The first kappa shape index (κ1) is 21.2. The monoisotopic (exact) mass is 424 g/mol. The number of carbonyl (C=O) groups excluding carboxylic acids is 1. The molecule has 0 aliphatic carbocycles. The van der Waals surface area contributed by atoms with Gasteiger partial charge in [0.05, 0.1) is 29.8 Å². The number of carbonyl (C=O) groups is 1. The number of anilines is 1. The molecule has 0 fully saturated rings. The van der Waals surface area contributed by atoms with Crippen molar-refractivity contribution >= 4 is 22.7 Å². The topological polar surface area (TPSA) is 97.0 Å². The van der Waals surface area contributed by atoms with Gasteiger partial charge in [-0.15, -0.1) is 0 Å². The third-order valence-corrected chi connectivity index (χ3v) is 4.34. The van der Waals surface area contributed by atoms with E-state index in [0.717, 1.165) is 19.2 Å². The molecular weight excluding hydrogens is 408 g/mol. The van der Waals surface area contributed by atoms with Crippen LogP contribution in [0.5, 0.6) is 0 Å². The predicted molar refractivity (Wildman–Crippen MR) is 99.7 cm³/mol. The van der Waals surface area contributed by atoms with Gasteiger partial charge in [-0.05, 0) is 38.1 Å². The highest BCUT2D eigenvalue weighted by Gasteiger charge is 2.37. The zero-order chi connectivity index (χ0) is 22.2. The number of benzene rings is 1. The maximum Gasteiger partial charge on any atom is 0.433 e.